The van der Waals surface area contributed by atoms with Crippen LogP contribution in [0.2, 0.25) is 0 Å². The molecule has 0 aliphatic carbocycles. The summed E-state index contributed by atoms with van der Waals surface area (Å²) in [5.41, 5.74) is 7.46. The molecular formula is C24H31N3O4S. The van der Waals surface area contributed by atoms with Crippen LogP contribution in [0.1, 0.15) is 55.1 Å². The fraction of sp³-hybridized carbons (Fsp3) is 0.417. The summed E-state index contributed by atoms with van der Waals surface area (Å²) >= 11 is 0. The van der Waals surface area contributed by atoms with Gasteiger partial charge in [-0.25, -0.2) is 8.42 Å². The first-order valence-electron chi connectivity index (χ1n) is 10.7. The number of benzene rings is 2. The quantitative estimate of drug-likeness (QED) is 0.717. The van der Waals surface area contributed by atoms with Gasteiger partial charge in [-0.15, -0.1) is 0 Å². The van der Waals surface area contributed by atoms with E-state index in [1.165, 1.54) is 0 Å². The number of anilines is 1. The minimum absolute atomic E-state index is 0.188. The lowest BCUT2D eigenvalue weighted by molar-refractivity contribution is -0.123. The van der Waals surface area contributed by atoms with Gasteiger partial charge in [0.1, 0.15) is 0 Å². The monoisotopic (exact) mass is 457 g/mol. The van der Waals surface area contributed by atoms with Crippen LogP contribution in [0.25, 0.3) is 0 Å². The van der Waals surface area contributed by atoms with Crippen LogP contribution in [0, 0.1) is 12.8 Å². The highest BCUT2D eigenvalue weighted by Gasteiger charge is 2.27. The zero-order valence-corrected chi connectivity index (χ0v) is 19.8. The van der Waals surface area contributed by atoms with Crippen LogP contribution in [0.5, 0.6) is 0 Å². The van der Waals surface area contributed by atoms with E-state index in [1.54, 1.807) is 42.2 Å². The van der Waals surface area contributed by atoms with E-state index in [4.69, 9.17) is 5.73 Å². The average Bonchev–Trinajstić information content (AvgIpc) is 2.72. The summed E-state index contributed by atoms with van der Waals surface area (Å²) in [4.78, 5) is 26.1. The van der Waals surface area contributed by atoms with E-state index in [0.717, 1.165) is 5.56 Å². The van der Waals surface area contributed by atoms with Crippen LogP contribution >= 0.6 is 0 Å². The van der Waals surface area contributed by atoms with Crippen molar-refractivity contribution in [3.05, 3.63) is 59.2 Å². The molecule has 0 aromatic heterocycles. The molecular weight excluding hydrogens is 426 g/mol. The lowest BCUT2D eigenvalue weighted by Crippen LogP contribution is -2.41. The third-order valence-corrected chi connectivity index (χ3v) is 7.41. The van der Waals surface area contributed by atoms with Crippen molar-refractivity contribution in [3.63, 3.8) is 0 Å². The Hall–Kier alpha value is -2.87. The van der Waals surface area contributed by atoms with Gasteiger partial charge in [-0.2, -0.15) is 0 Å². The largest absolute Gasteiger partial charge is 0.369 e. The highest BCUT2D eigenvalue weighted by atomic mass is 32.2. The molecule has 0 bridgehead atoms. The van der Waals surface area contributed by atoms with Crippen molar-refractivity contribution < 1.29 is 18.0 Å². The van der Waals surface area contributed by atoms with Gasteiger partial charge in [-0.3, -0.25) is 14.3 Å². The molecule has 0 spiro atoms. The van der Waals surface area contributed by atoms with Gasteiger partial charge in [-0.05, 0) is 60.6 Å². The Balaban J connectivity index is 1.80. The van der Waals surface area contributed by atoms with E-state index in [-0.39, 0.29) is 28.0 Å². The number of nitrogens with two attached hydrogens (primary N) is 1. The van der Waals surface area contributed by atoms with Gasteiger partial charge in [0.05, 0.1) is 4.90 Å². The Morgan fingerprint density at radius 1 is 1.06 bits per heavy atom. The summed E-state index contributed by atoms with van der Waals surface area (Å²) in [6.45, 7) is 8.74. The highest BCUT2D eigenvalue weighted by Crippen LogP contribution is 2.28. The van der Waals surface area contributed by atoms with Crippen molar-refractivity contribution in [2.75, 3.05) is 17.8 Å². The predicted molar refractivity (Wildman–Crippen MR) is 125 cm³/mol. The molecule has 1 fully saturated rings. The molecule has 0 atom stereocenters. The van der Waals surface area contributed by atoms with Gasteiger partial charge < -0.3 is 10.6 Å². The maximum atomic E-state index is 13.1. The minimum Gasteiger partial charge on any atom is -0.369 e. The normalized spacial score (nSPS) is 15.4. The zero-order chi connectivity index (χ0) is 23.7. The van der Waals surface area contributed by atoms with Gasteiger partial charge in [0.25, 0.3) is 15.9 Å². The number of carbonyl (C=O) groups is 2. The van der Waals surface area contributed by atoms with E-state index in [1.807, 2.05) is 32.9 Å². The number of likely N-dealkylation sites (tertiary alicyclic amines) is 1. The molecule has 3 rings (SSSR count). The predicted octanol–water partition coefficient (Wildman–Crippen LogP) is 3.43. The lowest BCUT2D eigenvalue weighted by Gasteiger charge is -2.30. The second-order valence-electron chi connectivity index (χ2n) is 9.39. The van der Waals surface area contributed by atoms with Crippen LogP contribution in [-0.2, 0) is 20.2 Å². The van der Waals surface area contributed by atoms with Crippen molar-refractivity contribution in [1.29, 1.82) is 0 Å². The second kappa shape index (κ2) is 8.94. The Labute approximate surface area is 190 Å². The van der Waals surface area contributed by atoms with Crippen LogP contribution < -0.4 is 10.5 Å². The Kier molecular flexibility index (Phi) is 6.64. The molecule has 8 heteroatoms. The fourth-order valence-electron chi connectivity index (χ4n) is 3.83. The van der Waals surface area contributed by atoms with Gasteiger partial charge in [0.2, 0.25) is 5.91 Å². The van der Waals surface area contributed by atoms with Gasteiger partial charge in [0.15, 0.2) is 0 Å². The summed E-state index contributed by atoms with van der Waals surface area (Å²) in [5.74, 6) is -0.733. The molecule has 2 amide bonds. The zero-order valence-electron chi connectivity index (χ0n) is 19.0. The molecule has 1 aliphatic rings. The first-order valence-corrected chi connectivity index (χ1v) is 12.2. The number of nitrogens with zero attached hydrogens (tertiary/aromatic N) is 1. The summed E-state index contributed by atoms with van der Waals surface area (Å²) in [7, 11) is -3.84. The molecule has 7 nitrogen and oxygen atoms in total. The Morgan fingerprint density at radius 2 is 1.72 bits per heavy atom. The van der Waals surface area contributed by atoms with E-state index in [9.17, 15) is 18.0 Å². The number of amides is 2. The average molecular weight is 458 g/mol. The first-order chi connectivity index (χ1) is 14.9. The number of rotatable bonds is 5. The standard InChI is InChI=1S/C24H31N3O4S/c1-16-8-9-19(24(2,3)4)15-21(16)32(30,31)26-20-7-5-6-18(14-20)23(29)27-12-10-17(11-13-27)22(25)28/h5-9,14-15,17,26H,10-13H2,1-4H3,(H2,25,28). The highest BCUT2D eigenvalue weighted by molar-refractivity contribution is 7.92. The number of aryl methyl sites for hydroxylation is 1. The minimum atomic E-state index is -3.84. The molecule has 0 unspecified atom stereocenters. The van der Waals surface area contributed by atoms with Gasteiger partial charge in [0, 0.05) is 30.3 Å². The van der Waals surface area contributed by atoms with Crippen LogP contribution in [0.4, 0.5) is 5.69 Å². The maximum absolute atomic E-state index is 13.1. The number of hydrogen-bond donors (Lipinski definition) is 2. The summed E-state index contributed by atoms with van der Waals surface area (Å²) < 4.78 is 28.9. The number of hydrogen-bond acceptors (Lipinski definition) is 4. The summed E-state index contributed by atoms with van der Waals surface area (Å²) in [6, 6.07) is 11.9. The summed E-state index contributed by atoms with van der Waals surface area (Å²) in [6.07, 6.45) is 1.08. The van der Waals surface area contributed by atoms with E-state index in [2.05, 4.69) is 4.72 Å². The van der Waals surface area contributed by atoms with Crippen LogP contribution in [-0.4, -0.2) is 38.2 Å². The van der Waals surface area contributed by atoms with Crippen molar-refractivity contribution in [2.45, 2.75) is 50.8 Å². The topological polar surface area (TPSA) is 110 Å². The van der Waals surface area contributed by atoms with Gasteiger partial charge in [-0.1, -0.05) is 39.0 Å². The second-order valence-corrected chi connectivity index (χ2v) is 11.0. The third-order valence-electron chi connectivity index (χ3n) is 5.89. The van der Waals surface area contributed by atoms with E-state index >= 15 is 0 Å². The summed E-state index contributed by atoms with van der Waals surface area (Å²) in [5, 5.41) is 0. The molecule has 1 saturated heterocycles. The molecule has 32 heavy (non-hydrogen) atoms. The number of piperidine rings is 1. The smallest absolute Gasteiger partial charge is 0.262 e. The van der Waals surface area contributed by atoms with Crippen molar-refractivity contribution in [2.24, 2.45) is 11.7 Å². The first kappa shape index (κ1) is 23.8. The molecule has 2 aromatic carbocycles. The molecule has 172 valence electrons. The SMILES string of the molecule is Cc1ccc(C(C)(C)C)cc1S(=O)(=O)Nc1cccc(C(=O)N2CCC(C(N)=O)CC2)c1. The molecule has 0 saturated carbocycles. The lowest BCUT2D eigenvalue weighted by atomic mass is 9.87. The Bertz CT molecular complexity index is 1130. The number of sulfonamides is 1. The fourth-order valence-corrected chi connectivity index (χ4v) is 5.15. The Morgan fingerprint density at radius 3 is 2.31 bits per heavy atom. The molecule has 3 N–H and O–H groups in total. The maximum Gasteiger partial charge on any atom is 0.262 e. The number of carbonyl (C=O) groups excluding carboxylic acids is 2. The van der Waals surface area contributed by atoms with E-state index in [0.29, 0.717) is 42.7 Å². The number of primary amides is 1. The third kappa shape index (κ3) is 5.30. The van der Waals surface area contributed by atoms with Gasteiger partial charge >= 0.3 is 0 Å². The van der Waals surface area contributed by atoms with Crippen LogP contribution in [0.3, 0.4) is 0 Å². The number of nitrogens with one attached hydrogen (secondary N) is 1. The molecule has 1 aliphatic heterocycles. The molecule has 2 aromatic rings. The van der Waals surface area contributed by atoms with E-state index < -0.39 is 10.0 Å². The molecule has 0 radical (unpaired) electrons. The molecule has 1 heterocycles. The van der Waals surface area contributed by atoms with Crippen LogP contribution in [0.15, 0.2) is 47.4 Å². The van der Waals surface area contributed by atoms with Crippen molar-refractivity contribution in [3.8, 4) is 0 Å². The van der Waals surface area contributed by atoms with Crippen molar-refractivity contribution in [1.82, 2.24) is 4.90 Å². The van der Waals surface area contributed by atoms with Crippen molar-refractivity contribution >= 4 is 27.5 Å².